The van der Waals surface area contributed by atoms with Gasteiger partial charge in [0.15, 0.2) is 0 Å². The van der Waals surface area contributed by atoms with E-state index in [9.17, 15) is 14.4 Å². The number of amides is 4. The minimum absolute atomic E-state index is 0.131. The quantitative estimate of drug-likeness (QED) is 0.780. The highest BCUT2D eigenvalue weighted by Gasteiger charge is 2.51. The van der Waals surface area contributed by atoms with Gasteiger partial charge in [-0.2, -0.15) is 0 Å². The molecule has 7 heteroatoms. The van der Waals surface area contributed by atoms with E-state index in [2.05, 4.69) is 40.5 Å². The highest BCUT2D eigenvalue weighted by atomic mass is 16.2. The lowest BCUT2D eigenvalue weighted by molar-refractivity contribution is -0.139. The Balaban J connectivity index is 1.22. The van der Waals surface area contributed by atoms with Gasteiger partial charge in [-0.1, -0.05) is 30.3 Å². The molecule has 1 N–H and O–H groups in total. The Kier molecular flexibility index (Phi) is 5.58. The maximum absolute atomic E-state index is 12.8. The van der Waals surface area contributed by atoms with Crippen LogP contribution < -0.4 is 5.32 Å². The molecule has 3 saturated heterocycles. The molecule has 0 aromatic heterocycles. The lowest BCUT2D eigenvalue weighted by Crippen LogP contribution is -2.56. The molecule has 4 amide bonds. The topological polar surface area (TPSA) is 73.0 Å². The van der Waals surface area contributed by atoms with Crippen molar-refractivity contribution >= 4 is 17.8 Å². The van der Waals surface area contributed by atoms with Crippen molar-refractivity contribution in [2.75, 3.05) is 39.8 Å². The van der Waals surface area contributed by atoms with E-state index >= 15 is 0 Å². The molecule has 0 aliphatic carbocycles. The fourth-order valence-corrected chi connectivity index (χ4v) is 4.82. The summed E-state index contributed by atoms with van der Waals surface area (Å²) in [5.74, 6) is 0.647. The SMILES string of the molecule is CN1C(=O)NC2(CCN(C(=O)CN3CCC(Cc4ccccc4)CC3)CC2)C1=O. The Labute approximate surface area is 172 Å². The van der Waals surface area contributed by atoms with Gasteiger partial charge in [-0.15, -0.1) is 0 Å². The normalized spacial score (nSPS) is 22.9. The fraction of sp³-hybridized carbons (Fsp3) is 0.591. The summed E-state index contributed by atoms with van der Waals surface area (Å²) in [6.07, 6.45) is 4.35. The number of likely N-dealkylation sites (N-methyl/N-ethyl adjacent to an activating group) is 1. The highest BCUT2D eigenvalue weighted by molar-refractivity contribution is 6.06. The molecule has 3 aliphatic heterocycles. The average molecular weight is 399 g/mol. The Morgan fingerprint density at radius 2 is 1.72 bits per heavy atom. The van der Waals surface area contributed by atoms with Crippen LogP contribution in [0.4, 0.5) is 4.79 Å². The van der Waals surface area contributed by atoms with Gasteiger partial charge in [0.25, 0.3) is 5.91 Å². The third-order valence-corrected chi connectivity index (χ3v) is 6.77. The first-order valence-corrected chi connectivity index (χ1v) is 10.6. The molecule has 29 heavy (non-hydrogen) atoms. The van der Waals surface area contributed by atoms with Crippen molar-refractivity contribution in [3.05, 3.63) is 35.9 Å². The number of imide groups is 1. The van der Waals surface area contributed by atoms with E-state index in [0.29, 0.717) is 38.4 Å². The van der Waals surface area contributed by atoms with Crippen LogP contribution in [-0.2, 0) is 16.0 Å². The van der Waals surface area contributed by atoms with Crippen molar-refractivity contribution in [2.24, 2.45) is 5.92 Å². The average Bonchev–Trinajstić information content (AvgIpc) is 2.94. The maximum atomic E-state index is 12.8. The first kappa shape index (κ1) is 19.9. The molecule has 1 spiro atoms. The monoisotopic (exact) mass is 398 g/mol. The van der Waals surface area contributed by atoms with Gasteiger partial charge in [0, 0.05) is 20.1 Å². The zero-order chi connectivity index (χ0) is 20.4. The minimum atomic E-state index is -0.807. The number of hydrogen-bond acceptors (Lipinski definition) is 4. The first-order valence-electron chi connectivity index (χ1n) is 10.6. The predicted octanol–water partition coefficient (Wildman–Crippen LogP) is 1.48. The van der Waals surface area contributed by atoms with Crippen LogP contribution in [0.2, 0.25) is 0 Å². The second-order valence-electron chi connectivity index (χ2n) is 8.67. The van der Waals surface area contributed by atoms with Gasteiger partial charge >= 0.3 is 6.03 Å². The van der Waals surface area contributed by atoms with Crippen LogP contribution in [0.3, 0.4) is 0 Å². The standard InChI is InChI=1S/C22H30N4O3/c1-24-20(28)22(23-21(24)29)9-13-26(14-10-22)19(27)16-25-11-7-18(8-12-25)15-17-5-3-2-4-6-17/h2-6,18H,7-16H2,1H3,(H,23,29). The molecular formula is C22H30N4O3. The predicted molar refractivity (Wildman–Crippen MR) is 109 cm³/mol. The molecule has 0 radical (unpaired) electrons. The van der Waals surface area contributed by atoms with Crippen LogP contribution in [0, 0.1) is 5.92 Å². The van der Waals surface area contributed by atoms with Gasteiger partial charge < -0.3 is 10.2 Å². The lowest BCUT2D eigenvalue weighted by atomic mass is 9.87. The number of hydrogen-bond donors (Lipinski definition) is 1. The smallest absolute Gasteiger partial charge is 0.324 e. The molecule has 0 atom stereocenters. The van der Waals surface area contributed by atoms with Crippen LogP contribution >= 0.6 is 0 Å². The van der Waals surface area contributed by atoms with Gasteiger partial charge in [0.05, 0.1) is 6.54 Å². The molecule has 0 unspecified atom stereocenters. The molecular weight excluding hydrogens is 368 g/mol. The molecule has 1 aromatic rings. The van der Waals surface area contributed by atoms with E-state index in [-0.39, 0.29) is 17.8 Å². The van der Waals surface area contributed by atoms with Crippen molar-refractivity contribution in [1.29, 1.82) is 0 Å². The summed E-state index contributed by atoms with van der Waals surface area (Å²) in [7, 11) is 1.51. The molecule has 0 saturated carbocycles. The highest BCUT2D eigenvalue weighted by Crippen LogP contribution is 2.29. The van der Waals surface area contributed by atoms with Crippen LogP contribution in [0.25, 0.3) is 0 Å². The first-order chi connectivity index (χ1) is 14.0. The number of likely N-dealkylation sites (tertiary alicyclic amines) is 2. The molecule has 4 rings (SSSR count). The molecule has 7 nitrogen and oxygen atoms in total. The fourth-order valence-electron chi connectivity index (χ4n) is 4.82. The molecule has 0 bridgehead atoms. The summed E-state index contributed by atoms with van der Waals surface area (Å²) in [5, 5.41) is 2.82. The number of piperidine rings is 2. The summed E-state index contributed by atoms with van der Waals surface area (Å²) in [6, 6.07) is 10.3. The number of carbonyl (C=O) groups excluding carboxylic acids is 3. The largest absolute Gasteiger partial charge is 0.341 e. The Morgan fingerprint density at radius 1 is 1.07 bits per heavy atom. The zero-order valence-corrected chi connectivity index (χ0v) is 17.1. The molecule has 3 fully saturated rings. The van der Waals surface area contributed by atoms with Crippen LogP contribution in [0.1, 0.15) is 31.2 Å². The van der Waals surface area contributed by atoms with E-state index in [1.54, 1.807) is 0 Å². The van der Waals surface area contributed by atoms with E-state index < -0.39 is 5.54 Å². The van der Waals surface area contributed by atoms with Gasteiger partial charge in [-0.05, 0) is 56.7 Å². The van der Waals surface area contributed by atoms with Gasteiger partial charge in [-0.3, -0.25) is 19.4 Å². The second kappa shape index (κ2) is 8.14. The number of rotatable bonds is 4. The van der Waals surface area contributed by atoms with E-state index in [4.69, 9.17) is 0 Å². The third kappa shape index (κ3) is 4.15. The number of benzene rings is 1. The van der Waals surface area contributed by atoms with Crippen LogP contribution in [-0.4, -0.2) is 77.9 Å². The third-order valence-electron chi connectivity index (χ3n) is 6.77. The van der Waals surface area contributed by atoms with Crippen LogP contribution in [0.5, 0.6) is 0 Å². The second-order valence-corrected chi connectivity index (χ2v) is 8.67. The number of nitrogens with zero attached hydrogens (tertiary/aromatic N) is 3. The van der Waals surface area contributed by atoms with Gasteiger partial charge in [0.2, 0.25) is 5.91 Å². The summed E-state index contributed by atoms with van der Waals surface area (Å²) < 4.78 is 0. The van der Waals surface area contributed by atoms with Gasteiger partial charge in [0.1, 0.15) is 5.54 Å². The Bertz CT molecular complexity index is 766. The number of nitrogens with one attached hydrogen (secondary N) is 1. The van der Waals surface area contributed by atoms with E-state index in [1.807, 2.05) is 4.90 Å². The van der Waals surface area contributed by atoms with Crippen molar-refractivity contribution < 1.29 is 14.4 Å². The van der Waals surface area contributed by atoms with Gasteiger partial charge in [-0.25, -0.2) is 4.79 Å². The Morgan fingerprint density at radius 3 is 2.31 bits per heavy atom. The Hall–Kier alpha value is -2.41. The summed E-state index contributed by atoms with van der Waals surface area (Å²) in [5.41, 5.74) is 0.585. The van der Waals surface area contributed by atoms with Crippen molar-refractivity contribution in [2.45, 2.75) is 37.6 Å². The molecule has 156 valence electrons. The minimum Gasteiger partial charge on any atom is -0.341 e. The summed E-state index contributed by atoms with van der Waals surface area (Å²) in [4.78, 5) is 42.2. The van der Waals surface area contributed by atoms with E-state index in [1.165, 1.54) is 12.6 Å². The number of urea groups is 1. The van der Waals surface area contributed by atoms with Crippen molar-refractivity contribution in [3.63, 3.8) is 0 Å². The molecule has 1 aromatic carbocycles. The van der Waals surface area contributed by atoms with E-state index in [0.717, 1.165) is 37.3 Å². The zero-order valence-electron chi connectivity index (χ0n) is 17.1. The molecule has 3 aliphatic rings. The number of carbonyl (C=O) groups is 3. The maximum Gasteiger partial charge on any atom is 0.324 e. The summed E-state index contributed by atoms with van der Waals surface area (Å²) in [6.45, 7) is 3.40. The van der Waals surface area contributed by atoms with Crippen molar-refractivity contribution in [1.82, 2.24) is 20.0 Å². The van der Waals surface area contributed by atoms with Crippen LogP contribution in [0.15, 0.2) is 30.3 Å². The summed E-state index contributed by atoms with van der Waals surface area (Å²) >= 11 is 0. The molecule has 3 heterocycles. The lowest BCUT2D eigenvalue weighted by Gasteiger charge is -2.38. The van der Waals surface area contributed by atoms with Crippen molar-refractivity contribution in [3.8, 4) is 0 Å².